The van der Waals surface area contributed by atoms with Gasteiger partial charge in [-0.25, -0.2) is 9.78 Å². The molecule has 0 aromatic carbocycles. The van der Waals surface area contributed by atoms with Gasteiger partial charge in [0.1, 0.15) is 0 Å². The number of carboxylic acids is 1. The van der Waals surface area contributed by atoms with Gasteiger partial charge in [-0.05, 0) is 12.8 Å². The highest BCUT2D eigenvalue weighted by molar-refractivity contribution is 7.09. The van der Waals surface area contributed by atoms with Crippen LogP contribution >= 0.6 is 11.3 Å². The van der Waals surface area contributed by atoms with Gasteiger partial charge < -0.3 is 5.11 Å². The fourth-order valence-electron chi connectivity index (χ4n) is 1.38. The predicted octanol–water partition coefficient (Wildman–Crippen LogP) is 2.28. The summed E-state index contributed by atoms with van der Waals surface area (Å²) in [6.07, 6.45) is 1.20. The molecule has 2 rings (SSSR count). The molecule has 1 saturated carbocycles. The van der Waals surface area contributed by atoms with Crippen LogP contribution in [-0.2, 0) is 11.2 Å². The fourth-order valence-corrected chi connectivity index (χ4v) is 2.28. The molecule has 0 saturated heterocycles. The molecule has 1 aliphatic rings. The number of halogens is 2. The topological polar surface area (TPSA) is 50.2 Å². The van der Waals surface area contributed by atoms with E-state index in [9.17, 15) is 13.6 Å². The second-order valence-electron chi connectivity index (χ2n) is 3.62. The molecule has 0 aliphatic heterocycles. The maximum atomic E-state index is 13.0. The molecule has 1 aromatic rings. The number of alkyl halides is 2. The number of rotatable bonds is 4. The molecule has 1 fully saturated rings. The molecular formula is C9H9F2NO2S. The molecule has 1 heterocycles. The summed E-state index contributed by atoms with van der Waals surface area (Å²) >= 11 is 1.11. The van der Waals surface area contributed by atoms with Crippen molar-refractivity contribution in [2.24, 2.45) is 0 Å². The summed E-state index contributed by atoms with van der Waals surface area (Å²) in [5.41, 5.74) is 2.17. The lowest BCUT2D eigenvalue weighted by Crippen LogP contribution is -2.30. The van der Waals surface area contributed by atoms with Gasteiger partial charge in [-0.15, -0.1) is 11.3 Å². The summed E-state index contributed by atoms with van der Waals surface area (Å²) < 4.78 is 25.9. The average Bonchev–Trinajstić information content (AvgIpc) is 2.88. The first kappa shape index (κ1) is 10.5. The second-order valence-corrected chi connectivity index (χ2v) is 4.56. The van der Waals surface area contributed by atoms with Gasteiger partial charge in [0.15, 0.2) is 0 Å². The van der Waals surface area contributed by atoms with E-state index in [4.69, 9.17) is 5.11 Å². The van der Waals surface area contributed by atoms with Crippen LogP contribution in [-0.4, -0.2) is 22.0 Å². The number of aliphatic carboxylic acids is 1. The monoisotopic (exact) mass is 233 g/mol. The van der Waals surface area contributed by atoms with Crippen molar-refractivity contribution in [2.45, 2.75) is 31.1 Å². The summed E-state index contributed by atoms with van der Waals surface area (Å²) in [6.45, 7) is 0. The fraction of sp³-hybridized carbons (Fsp3) is 0.556. The average molecular weight is 233 g/mol. The Bertz CT molecular complexity index is 387. The Morgan fingerprint density at radius 2 is 2.33 bits per heavy atom. The Hall–Kier alpha value is -1.04. The zero-order valence-corrected chi connectivity index (χ0v) is 8.56. The van der Waals surface area contributed by atoms with Crippen LogP contribution in [0.1, 0.15) is 29.3 Å². The highest BCUT2D eigenvalue weighted by Crippen LogP contribution is 2.42. The van der Waals surface area contributed by atoms with Crippen LogP contribution in [0.2, 0.25) is 0 Å². The molecule has 0 spiro atoms. The second kappa shape index (κ2) is 3.52. The number of nitrogens with zero attached hydrogens (tertiary/aromatic N) is 1. The lowest BCUT2D eigenvalue weighted by molar-refractivity contribution is -0.164. The van der Waals surface area contributed by atoms with E-state index in [0.29, 0.717) is 10.6 Å². The SMILES string of the molecule is O=C(O)C(F)(F)Cc1scnc1C1CC1. The third-order valence-electron chi connectivity index (χ3n) is 2.33. The van der Waals surface area contributed by atoms with Crippen LogP contribution < -0.4 is 0 Å². The maximum Gasteiger partial charge on any atom is 0.374 e. The Kier molecular flexibility index (Phi) is 2.46. The summed E-state index contributed by atoms with van der Waals surface area (Å²) in [5.74, 6) is -5.48. The minimum absolute atomic E-state index is 0.274. The Morgan fingerprint density at radius 1 is 1.67 bits per heavy atom. The molecule has 0 radical (unpaired) electrons. The number of thiazole rings is 1. The van der Waals surface area contributed by atoms with Crippen LogP contribution in [0.4, 0.5) is 8.78 Å². The van der Waals surface area contributed by atoms with Gasteiger partial charge in [-0.1, -0.05) is 0 Å². The summed E-state index contributed by atoms with van der Waals surface area (Å²) in [6, 6.07) is 0. The van der Waals surface area contributed by atoms with Crippen molar-refractivity contribution in [1.29, 1.82) is 0 Å². The first-order valence-corrected chi connectivity index (χ1v) is 5.42. The molecule has 15 heavy (non-hydrogen) atoms. The van der Waals surface area contributed by atoms with Gasteiger partial charge in [0, 0.05) is 10.8 Å². The van der Waals surface area contributed by atoms with E-state index in [1.807, 2.05) is 0 Å². The van der Waals surface area contributed by atoms with Gasteiger partial charge in [0.25, 0.3) is 0 Å². The van der Waals surface area contributed by atoms with Crippen molar-refractivity contribution >= 4 is 17.3 Å². The molecule has 0 bridgehead atoms. The number of aromatic nitrogens is 1. The summed E-state index contributed by atoms with van der Waals surface area (Å²) in [4.78, 5) is 14.7. The van der Waals surface area contributed by atoms with Crippen LogP contribution in [0.3, 0.4) is 0 Å². The van der Waals surface area contributed by atoms with E-state index >= 15 is 0 Å². The van der Waals surface area contributed by atoms with E-state index in [1.54, 1.807) is 0 Å². The maximum absolute atomic E-state index is 13.0. The molecule has 1 N–H and O–H groups in total. The molecule has 6 heteroatoms. The van der Waals surface area contributed by atoms with Crippen LogP contribution in [0.15, 0.2) is 5.51 Å². The lowest BCUT2D eigenvalue weighted by atomic mass is 10.1. The minimum atomic E-state index is -3.68. The van der Waals surface area contributed by atoms with E-state index in [-0.39, 0.29) is 5.92 Å². The summed E-state index contributed by atoms with van der Waals surface area (Å²) in [5, 5.41) is 8.32. The Balaban J connectivity index is 2.16. The lowest BCUT2D eigenvalue weighted by Gasteiger charge is -2.10. The highest BCUT2D eigenvalue weighted by atomic mass is 32.1. The highest BCUT2D eigenvalue weighted by Gasteiger charge is 2.41. The first-order chi connectivity index (χ1) is 7.00. The van der Waals surface area contributed by atoms with Crippen molar-refractivity contribution in [3.05, 3.63) is 16.1 Å². The van der Waals surface area contributed by atoms with E-state index in [0.717, 1.165) is 24.2 Å². The number of hydrogen-bond donors (Lipinski definition) is 1. The molecule has 3 nitrogen and oxygen atoms in total. The summed E-state index contributed by atoms with van der Waals surface area (Å²) in [7, 11) is 0. The van der Waals surface area contributed by atoms with Gasteiger partial charge in [-0.3, -0.25) is 0 Å². The molecular weight excluding hydrogens is 224 g/mol. The van der Waals surface area contributed by atoms with Crippen molar-refractivity contribution in [3.63, 3.8) is 0 Å². The van der Waals surface area contributed by atoms with Crippen LogP contribution in [0.5, 0.6) is 0 Å². The van der Waals surface area contributed by atoms with Crippen molar-refractivity contribution in [1.82, 2.24) is 4.98 Å². The minimum Gasteiger partial charge on any atom is -0.477 e. The predicted molar refractivity (Wildman–Crippen MR) is 50.4 cm³/mol. The van der Waals surface area contributed by atoms with Crippen LogP contribution in [0.25, 0.3) is 0 Å². The number of hydrogen-bond acceptors (Lipinski definition) is 3. The number of carboxylic acid groups (broad SMARTS) is 1. The quantitative estimate of drug-likeness (QED) is 0.868. The molecule has 1 aliphatic carbocycles. The molecule has 0 unspecified atom stereocenters. The smallest absolute Gasteiger partial charge is 0.374 e. The van der Waals surface area contributed by atoms with E-state index in [2.05, 4.69) is 4.98 Å². The largest absolute Gasteiger partial charge is 0.477 e. The standard InChI is InChI=1S/C9H9F2NO2S/c10-9(11,8(13)14)3-6-7(5-1-2-5)12-4-15-6/h4-5H,1-3H2,(H,13,14). The third kappa shape index (κ3) is 2.14. The van der Waals surface area contributed by atoms with Gasteiger partial charge in [-0.2, -0.15) is 8.78 Å². The molecule has 82 valence electrons. The Labute approximate surface area is 88.8 Å². The van der Waals surface area contributed by atoms with E-state index in [1.165, 1.54) is 5.51 Å². The third-order valence-corrected chi connectivity index (χ3v) is 3.18. The zero-order valence-electron chi connectivity index (χ0n) is 7.74. The van der Waals surface area contributed by atoms with Gasteiger partial charge in [0.05, 0.1) is 17.6 Å². The van der Waals surface area contributed by atoms with Crippen molar-refractivity contribution in [2.75, 3.05) is 0 Å². The number of carbonyl (C=O) groups is 1. The first-order valence-electron chi connectivity index (χ1n) is 4.54. The van der Waals surface area contributed by atoms with Gasteiger partial charge in [0.2, 0.25) is 0 Å². The normalized spacial score (nSPS) is 16.7. The molecule has 0 amide bonds. The molecule has 1 aromatic heterocycles. The zero-order chi connectivity index (χ0) is 11.1. The van der Waals surface area contributed by atoms with Gasteiger partial charge >= 0.3 is 11.9 Å². The van der Waals surface area contributed by atoms with Crippen molar-refractivity contribution < 1.29 is 18.7 Å². The van der Waals surface area contributed by atoms with Crippen LogP contribution in [0, 0.1) is 0 Å². The van der Waals surface area contributed by atoms with E-state index < -0.39 is 18.3 Å². The Morgan fingerprint density at radius 3 is 2.87 bits per heavy atom. The molecule has 0 atom stereocenters. The van der Waals surface area contributed by atoms with Crippen molar-refractivity contribution in [3.8, 4) is 0 Å².